The zero-order valence-corrected chi connectivity index (χ0v) is 8.61. The number of rotatable bonds is 2. The van der Waals surface area contributed by atoms with E-state index in [0.717, 1.165) is 10.5 Å². The average Bonchev–Trinajstić information content (AvgIpc) is 2.62. The summed E-state index contributed by atoms with van der Waals surface area (Å²) in [6, 6.07) is 8.90. The Morgan fingerprint density at radius 3 is 2.75 bits per heavy atom. The van der Waals surface area contributed by atoms with Crippen molar-refractivity contribution >= 4 is 6.09 Å². The maximum absolute atomic E-state index is 10.9. The van der Waals surface area contributed by atoms with Crippen LogP contribution in [0.5, 0.6) is 0 Å². The van der Waals surface area contributed by atoms with Gasteiger partial charge >= 0.3 is 6.09 Å². The summed E-state index contributed by atoms with van der Waals surface area (Å²) in [5.41, 5.74) is 0.975. The Bertz CT molecular complexity index is 368. The molecule has 1 aromatic rings. The monoisotopic (exact) mass is 223 g/mol. The van der Waals surface area contributed by atoms with Crippen LogP contribution >= 0.6 is 0 Å². The first-order valence-corrected chi connectivity index (χ1v) is 5.01. The molecule has 0 aromatic heterocycles. The largest absolute Gasteiger partial charge is 0.465 e. The van der Waals surface area contributed by atoms with Crippen molar-refractivity contribution in [3.63, 3.8) is 0 Å². The van der Waals surface area contributed by atoms with Gasteiger partial charge in [0.2, 0.25) is 0 Å². The second kappa shape index (κ2) is 4.51. The maximum atomic E-state index is 10.9. The molecule has 0 spiro atoms. The third kappa shape index (κ3) is 2.15. The Balaban J connectivity index is 2.10. The summed E-state index contributed by atoms with van der Waals surface area (Å²) in [5.74, 6) is 0. The van der Waals surface area contributed by atoms with Gasteiger partial charge in [-0.2, -0.15) is 0 Å². The fraction of sp³-hybridized carbons (Fsp3) is 0.364. The van der Waals surface area contributed by atoms with Gasteiger partial charge in [0.25, 0.3) is 0 Å². The number of nitrogens with zero attached hydrogens (tertiary/aromatic N) is 1. The van der Waals surface area contributed by atoms with E-state index in [-0.39, 0.29) is 6.73 Å². The summed E-state index contributed by atoms with van der Waals surface area (Å²) >= 11 is 0. The minimum absolute atomic E-state index is 0.0754. The SMILES string of the molecule is O=C(O)N1COC(O)C1Cc1ccccc1. The van der Waals surface area contributed by atoms with Crippen LogP contribution in [0.3, 0.4) is 0 Å². The zero-order chi connectivity index (χ0) is 11.5. The van der Waals surface area contributed by atoms with Crippen molar-refractivity contribution in [1.82, 2.24) is 4.90 Å². The minimum atomic E-state index is -1.07. The van der Waals surface area contributed by atoms with E-state index < -0.39 is 18.4 Å². The summed E-state index contributed by atoms with van der Waals surface area (Å²) in [4.78, 5) is 12.0. The molecule has 0 aliphatic carbocycles. The molecule has 1 saturated heterocycles. The molecule has 2 rings (SSSR count). The number of carboxylic acid groups (broad SMARTS) is 1. The van der Waals surface area contributed by atoms with Gasteiger partial charge < -0.3 is 14.9 Å². The van der Waals surface area contributed by atoms with Crippen molar-refractivity contribution in [2.75, 3.05) is 6.73 Å². The Morgan fingerprint density at radius 1 is 1.44 bits per heavy atom. The van der Waals surface area contributed by atoms with Crippen LogP contribution in [0.1, 0.15) is 5.56 Å². The summed E-state index contributed by atoms with van der Waals surface area (Å²) in [5, 5.41) is 18.5. The quantitative estimate of drug-likeness (QED) is 0.781. The van der Waals surface area contributed by atoms with Crippen molar-refractivity contribution in [1.29, 1.82) is 0 Å². The first kappa shape index (κ1) is 10.9. The normalized spacial score (nSPS) is 24.7. The minimum Gasteiger partial charge on any atom is -0.465 e. The zero-order valence-electron chi connectivity index (χ0n) is 8.61. The predicted molar refractivity (Wildman–Crippen MR) is 55.8 cm³/mol. The number of hydrogen-bond donors (Lipinski definition) is 2. The molecule has 5 heteroatoms. The summed E-state index contributed by atoms with van der Waals surface area (Å²) in [6.45, 7) is -0.0754. The predicted octanol–water partition coefficient (Wildman–Crippen LogP) is 0.884. The van der Waals surface area contributed by atoms with Crippen LogP contribution in [-0.4, -0.2) is 40.3 Å². The Kier molecular flexibility index (Phi) is 3.07. The number of hydrogen-bond acceptors (Lipinski definition) is 3. The summed E-state index contributed by atoms with van der Waals surface area (Å²) in [6.07, 6.45) is -1.66. The molecule has 2 N–H and O–H groups in total. The highest BCUT2D eigenvalue weighted by atomic mass is 16.6. The first-order valence-electron chi connectivity index (χ1n) is 5.01. The van der Waals surface area contributed by atoms with Crippen LogP contribution in [0.2, 0.25) is 0 Å². The number of aliphatic hydroxyl groups is 1. The van der Waals surface area contributed by atoms with Crippen molar-refractivity contribution in [2.45, 2.75) is 18.8 Å². The summed E-state index contributed by atoms with van der Waals surface area (Å²) in [7, 11) is 0. The van der Waals surface area contributed by atoms with Gasteiger partial charge in [-0.3, -0.25) is 4.90 Å². The lowest BCUT2D eigenvalue weighted by Crippen LogP contribution is -2.40. The van der Waals surface area contributed by atoms with Crippen LogP contribution < -0.4 is 0 Å². The van der Waals surface area contributed by atoms with E-state index in [9.17, 15) is 9.90 Å². The molecule has 1 aliphatic heterocycles. The average molecular weight is 223 g/mol. The van der Waals surface area contributed by atoms with E-state index in [1.165, 1.54) is 0 Å². The smallest absolute Gasteiger partial charge is 0.409 e. The van der Waals surface area contributed by atoms with Gasteiger partial charge in [0.05, 0.1) is 6.04 Å². The molecule has 1 aromatic carbocycles. The molecule has 0 bridgehead atoms. The number of ether oxygens (including phenoxy) is 1. The van der Waals surface area contributed by atoms with E-state index >= 15 is 0 Å². The second-order valence-electron chi connectivity index (χ2n) is 3.70. The van der Waals surface area contributed by atoms with Gasteiger partial charge in [-0.05, 0) is 12.0 Å². The standard InChI is InChI=1S/C11H13NO4/c13-10-9(12(7-16-10)11(14)15)6-8-4-2-1-3-5-8/h1-5,9-10,13H,6-7H2,(H,14,15). The highest BCUT2D eigenvalue weighted by molar-refractivity contribution is 5.65. The van der Waals surface area contributed by atoms with Gasteiger partial charge in [-0.25, -0.2) is 4.79 Å². The summed E-state index contributed by atoms with van der Waals surface area (Å²) < 4.78 is 4.91. The van der Waals surface area contributed by atoms with Gasteiger partial charge in [0.1, 0.15) is 6.73 Å². The number of amides is 1. The fourth-order valence-corrected chi connectivity index (χ4v) is 1.78. The highest BCUT2D eigenvalue weighted by Crippen LogP contribution is 2.19. The second-order valence-corrected chi connectivity index (χ2v) is 3.70. The molecule has 1 amide bonds. The molecule has 1 fully saturated rings. The molecule has 2 atom stereocenters. The molecule has 1 aliphatic rings. The van der Waals surface area contributed by atoms with Crippen LogP contribution in [-0.2, 0) is 11.2 Å². The molecule has 0 radical (unpaired) electrons. The molecule has 16 heavy (non-hydrogen) atoms. The lowest BCUT2D eigenvalue weighted by atomic mass is 10.1. The van der Waals surface area contributed by atoms with E-state index in [2.05, 4.69) is 0 Å². The van der Waals surface area contributed by atoms with Gasteiger partial charge in [0.15, 0.2) is 6.29 Å². The van der Waals surface area contributed by atoms with E-state index in [1.54, 1.807) is 0 Å². The number of aliphatic hydroxyl groups excluding tert-OH is 1. The van der Waals surface area contributed by atoms with Gasteiger partial charge in [-0.1, -0.05) is 30.3 Å². The van der Waals surface area contributed by atoms with E-state index in [1.807, 2.05) is 30.3 Å². The van der Waals surface area contributed by atoms with Crippen LogP contribution in [0.15, 0.2) is 30.3 Å². The van der Waals surface area contributed by atoms with E-state index in [0.29, 0.717) is 6.42 Å². The Hall–Kier alpha value is -1.59. The lowest BCUT2D eigenvalue weighted by Gasteiger charge is -2.20. The molecule has 2 unspecified atom stereocenters. The highest BCUT2D eigenvalue weighted by Gasteiger charge is 2.36. The van der Waals surface area contributed by atoms with Crippen LogP contribution in [0.25, 0.3) is 0 Å². The molecular weight excluding hydrogens is 210 g/mol. The van der Waals surface area contributed by atoms with Crippen molar-refractivity contribution in [3.8, 4) is 0 Å². The van der Waals surface area contributed by atoms with Crippen molar-refractivity contribution < 1.29 is 19.7 Å². The first-order chi connectivity index (χ1) is 7.68. The molecule has 86 valence electrons. The van der Waals surface area contributed by atoms with Crippen LogP contribution in [0.4, 0.5) is 4.79 Å². The third-order valence-corrected chi connectivity index (χ3v) is 2.65. The molecule has 1 heterocycles. The molecule has 0 saturated carbocycles. The van der Waals surface area contributed by atoms with Gasteiger partial charge in [-0.15, -0.1) is 0 Å². The maximum Gasteiger partial charge on any atom is 0.409 e. The van der Waals surface area contributed by atoms with Crippen molar-refractivity contribution in [2.24, 2.45) is 0 Å². The number of benzene rings is 1. The third-order valence-electron chi connectivity index (χ3n) is 2.65. The van der Waals surface area contributed by atoms with Crippen molar-refractivity contribution in [3.05, 3.63) is 35.9 Å². The topological polar surface area (TPSA) is 70.0 Å². The fourth-order valence-electron chi connectivity index (χ4n) is 1.78. The van der Waals surface area contributed by atoms with Gasteiger partial charge in [0, 0.05) is 0 Å². The number of carbonyl (C=O) groups is 1. The van der Waals surface area contributed by atoms with E-state index in [4.69, 9.17) is 9.84 Å². The van der Waals surface area contributed by atoms with Crippen LogP contribution in [0, 0.1) is 0 Å². The molecule has 5 nitrogen and oxygen atoms in total. The Labute approximate surface area is 92.9 Å². The lowest BCUT2D eigenvalue weighted by molar-refractivity contribution is -0.0671. The Morgan fingerprint density at radius 2 is 2.12 bits per heavy atom. The molecular formula is C11H13NO4.